The van der Waals surface area contributed by atoms with Crippen LogP contribution >= 0.6 is 0 Å². The van der Waals surface area contributed by atoms with Gasteiger partial charge in [0.25, 0.3) is 0 Å². The highest BCUT2D eigenvalue weighted by molar-refractivity contribution is 5.78. The van der Waals surface area contributed by atoms with E-state index in [9.17, 15) is 9.18 Å². The maximum atomic E-state index is 13.6. The van der Waals surface area contributed by atoms with Crippen LogP contribution in [0, 0.1) is 5.82 Å². The Hall–Kier alpha value is -2.20. The Morgan fingerprint density at radius 2 is 1.68 bits per heavy atom. The van der Waals surface area contributed by atoms with Crippen molar-refractivity contribution in [2.24, 2.45) is 0 Å². The molecule has 0 spiro atoms. The number of aliphatic hydroxyl groups excluding tert-OH is 1. The molecule has 0 atom stereocenters. The number of hydrogen-bond donors (Lipinski definition) is 1. The summed E-state index contributed by atoms with van der Waals surface area (Å²) < 4.78 is 13.6. The average Bonchev–Trinajstić information content (AvgIpc) is 2.54. The second-order valence-corrected chi connectivity index (χ2v) is 5.11. The van der Waals surface area contributed by atoms with E-state index in [1.807, 2.05) is 30.3 Å². The zero-order valence-electron chi connectivity index (χ0n) is 12.4. The quantitative estimate of drug-likeness (QED) is 0.853. The summed E-state index contributed by atoms with van der Waals surface area (Å²) in [5.74, 6) is -0.544. The molecule has 1 N–H and O–H groups in total. The number of nitrogens with zero attached hydrogens (tertiary/aromatic N) is 1. The molecule has 0 heterocycles. The molecule has 2 aromatic carbocycles. The first-order chi connectivity index (χ1) is 10.7. The summed E-state index contributed by atoms with van der Waals surface area (Å²) >= 11 is 0. The molecule has 0 aliphatic carbocycles. The van der Waals surface area contributed by atoms with Crippen molar-refractivity contribution in [2.45, 2.75) is 12.8 Å². The fraction of sp³-hybridized carbons (Fsp3) is 0.278. The third-order valence-corrected chi connectivity index (χ3v) is 3.54. The van der Waals surface area contributed by atoms with Gasteiger partial charge < -0.3 is 10.0 Å². The highest BCUT2D eigenvalue weighted by atomic mass is 19.1. The molecule has 2 aromatic rings. The Morgan fingerprint density at radius 1 is 1.00 bits per heavy atom. The average molecular weight is 301 g/mol. The van der Waals surface area contributed by atoms with E-state index in [0.717, 1.165) is 5.56 Å². The van der Waals surface area contributed by atoms with Crippen molar-refractivity contribution in [3.8, 4) is 0 Å². The predicted octanol–water partition coefficient (Wildman–Crippen LogP) is 2.43. The maximum absolute atomic E-state index is 13.6. The van der Waals surface area contributed by atoms with Gasteiger partial charge in [0.1, 0.15) is 5.82 Å². The van der Waals surface area contributed by atoms with Gasteiger partial charge in [0.2, 0.25) is 5.91 Å². The number of halogens is 1. The van der Waals surface area contributed by atoms with Crippen molar-refractivity contribution >= 4 is 5.91 Å². The molecule has 0 aliphatic rings. The Bertz CT molecular complexity index is 601. The fourth-order valence-corrected chi connectivity index (χ4v) is 2.31. The van der Waals surface area contributed by atoms with Crippen molar-refractivity contribution in [3.63, 3.8) is 0 Å². The molecule has 2 rings (SSSR count). The minimum absolute atomic E-state index is 0.0153. The first-order valence-corrected chi connectivity index (χ1v) is 7.36. The molecule has 0 aromatic heterocycles. The van der Waals surface area contributed by atoms with E-state index in [4.69, 9.17) is 5.11 Å². The van der Waals surface area contributed by atoms with Crippen LogP contribution < -0.4 is 0 Å². The van der Waals surface area contributed by atoms with E-state index >= 15 is 0 Å². The van der Waals surface area contributed by atoms with E-state index in [-0.39, 0.29) is 31.3 Å². The number of benzene rings is 2. The Balaban J connectivity index is 1.97. The molecule has 0 unspecified atom stereocenters. The van der Waals surface area contributed by atoms with E-state index < -0.39 is 0 Å². The summed E-state index contributed by atoms with van der Waals surface area (Å²) in [6, 6.07) is 16.1. The lowest BCUT2D eigenvalue weighted by Crippen LogP contribution is -2.36. The summed E-state index contributed by atoms with van der Waals surface area (Å²) in [5, 5.41) is 9.14. The van der Waals surface area contributed by atoms with Gasteiger partial charge in [-0.05, 0) is 23.6 Å². The van der Waals surface area contributed by atoms with Gasteiger partial charge in [0.15, 0.2) is 0 Å². The topological polar surface area (TPSA) is 40.5 Å². The molecule has 22 heavy (non-hydrogen) atoms. The minimum atomic E-state index is -0.372. The van der Waals surface area contributed by atoms with Crippen LogP contribution in [0.2, 0.25) is 0 Å². The molecular formula is C18H20FNO2. The summed E-state index contributed by atoms with van der Waals surface area (Å²) in [6.07, 6.45) is 0.727. The minimum Gasteiger partial charge on any atom is -0.395 e. The summed E-state index contributed by atoms with van der Waals surface area (Å²) in [4.78, 5) is 13.9. The normalized spacial score (nSPS) is 10.5. The Kier molecular flexibility index (Phi) is 6.10. The number of carbonyl (C=O) groups excluding carboxylic acids is 1. The standard InChI is InChI=1S/C18H20FNO2/c19-17-9-5-4-8-16(17)14-18(22)20(12-13-21)11-10-15-6-2-1-3-7-15/h1-9,21H,10-14H2. The van der Waals surface area contributed by atoms with Crippen LogP contribution in [-0.2, 0) is 17.6 Å². The number of aliphatic hydroxyl groups is 1. The zero-order chi connectivity index (χ0) is 15.8. The van der Waals surface area contributed by atoms with Gasteiger partial charge in [0, 0.05) is 13.1 Å². The number of amides is 1. The number of hydrogen-bond acceptors (Lipinski definition) is 2. The van der Waals surface area contributed by atoms with Crippen molar-refractivity contribution in [3.05, 3.63) is 71.5 Å². The van der Waals surface area contributed by atoms with Crippen molar-refractivity contribution in [1.82, 2.24) is 4.90 Å². The maximum Gasteiger partial charge on any atom is 0.227 e. The largest absolute Gasteiger partial charge is 0.395 e. The molecule has 0 fully saturated rings. The third kappa shape index (κ3) is 4.67. The molecule has 0 saturated heterocycles. The molecular weight excluding hydrogens is 281 g/mol. The van der Waals surface area contributed by atoms with Gasteiger partial charge >= 0.3 is 0 Å². The van der Waals surface area contributed by atoms with Crippen LogP contribution in [0.3, 0.4) is 0 Å². The zero-order valence-corrected chi connectivity index (χ0v) is 12.4. The molecule has 116 valence electrons. The van der Waals surface area contributed by atoms with Crippen LogP contribution in [0.4, 0.5) is 4.39 Å². The summed E-state index contributed by atoms with van der Waals surface area (Å²) in [6.45, 7) is 0.676. The Labute approximate surface area is 130 Å². The lowest BCUT2D eigenvalue weighted by atomic mass is 10.1. The molecule has 3 nitrogen and oxygen atoms in total. The van der Waals surface area contributed by atoms with Gasteiger partial charge in [-0.15, -0.1) is 0 Å². The monoisotopic (exact) mass is 301 g/mol. The van der Waals surface area contributed by atoms with E-state index in [2.05, 4.69) is 0 Å². The first kappa shape index (κ1) is 16.2. The van der Waals surface area contributed by atoms with Crippen LogP contribution in [0.1, 0.15) is 11.1 Å². The molecule has 0 bridgehead atoms. The second-order valence-electron chi connectivity index (χ2n) is 5.11. The van der Waals surface area contributed by atoms with Gasteiger partial charge in [-0.3, -0.25) is 4.79 Å². The molecule has 0 saturated carbocycles. The fourth-order valence-electron chi connectivity index (χ4n) is 2.31. The van der Waals surface area contributed by atoms with Gasteiger partial charge in [-0.1, -0.05) is 48.5 Å². The second kappa shape index (κ2) is 8.29. The highest BCUT2D eigenvalue weighted by Gasteiger charge is 2.15. The van der Waals surface area contributed by atoms with E-state index in [1.165, 1.54) is 6.07 Å². The van der Waals surface area contributed by atoms with Crippen LogP contribution in [0.25, 0.3) is 0 Å². The SMILES string of the molecule is O=C(Cc1ccccc1F)N(CCO)CCc1ccccc1. The lowest BCUT2D eigenvalue weighted by molar-refractivity contribution is -0.131. The highest BCUT2D eigenvalue weighted by Crippen LogP contribution is 2.09. The van der Waals surface area contributed by atoms with E-state index in [0.29, 0.717) is 18.5 Å². The molecule has 0 radical (unpaired) electrons. The van der Waals surface area contributed by atoms with Crippen molar-refractivity contribution in [1.29, 1.82) is 0 Å². The van der Waals surface area contributed by atoms with Crippen molar-refractivity contribution in [2.75, 3.05) is 19.7 Å². The van der Waals surface area contributed by atoms with E-state index in [1.54, 1.807) is 23.1 Å². The van der Waals surface area contributed by atoms with Crippen molar-refractivity contribution < 1.29 is 14.3 Å². The van der Waals surface area contributed by atoms with Gasteiger partial charge in [-0.2, -0.15) is 0 Å². The van der Waals surface area contributed by atoms with Crippen LogP contribution in [0.5, 0.6) is 0 Å². The number of rotatable bonds is 7. The number of carbonyl (C=O) groups is 1. The third-order valence-electron chi connectivity index (χ3n) is 3.54. The summed E-state index contributed by atoms with van der Waals surface area (Å²) in [5.41, 5.74) is 1.51. The first-order valence-electron chi connectivity index (χ1n) is 7.36. The van der Waals surface area contributed by atoms with Gasteiger partial charge in [-0.25, -0.2) is 4.39 Å². The molecule has 0 aliphatic heterocycles. The predicted molar refractivity (Wildman–Crippen MR) is 83.9 cm³/mol. The Morgan fingerprint density at radius 3 is 2.36 bits per heavy atom. The molecule has 1 amide bonds. The van der Waals surface area contributed by atoms with Crippen LogP contribution in [-0.4, -0.2) is 35.6 Å². The smallest absolute Gasteiger partial charge is 0.227 e. The molecule has 4 heteroatoms. The van der Waals surface area contributed by atoms with Crippen LogP contribution in [0.15, 0.2) is 54.6 Å². The summed E-state index contributed by atoms with van der Waals surface area (Å²) in [7, 11) is 0. The van der Waals surface area contributed by atoms with Gasteiger partial charge in [0.05, 0.1) is 13.0 Å². The lowest BCUT2D eigenvalue weighted by Gasteiger charge is -2.22.